The van der Waals surface area contributed by atoms with E-state index in [1.165, 1.54) is 36.7 Å². The number of nitrogens with one attached hydrogen (secondary N) is 2. The minimum Gasteiger partial charge on any atom is -0.507 e. The average molecular weight is 541 g/mol. The van der Waals surface area contributed by atoms with Crippen LogP contribution >= 0.6 is 0 Å². The molecule has 4 N–H and O–H groups in total. The zero-order valence-corrected chi connectivity index (χ0v) is 20.3. The zero-order chi connectivity index (χ0) is 25.6. The van der Waals surface area contributed by atoms with Gasteiger partial charge in [-0.1, -0.05) is 36.4 Å². The van der Waals surface area contributed by atoms with E-state index < -0.39 is 11.8 Å². The van der Waals surface area contributed by atoms with Gasteiger partial charge < -0.3 is 10.2 Å². The molecule has 0 unspecified atom stereocenters. The van der Waals surface area contributed by atoms with Gasteiger partial charge in [0.25, 0.3) is 11.8 Å². The number of hydrogen-bond acceptors (Lipinski definition) is 8. The number of aromatic nitrogens is 2. The first-order chi connectivity index (χ1) is 17.5. The van der Waals surface area contributed by atoms with Gasteiger partial charge in [-0.15, -0.1) is 0 Å². The van der Waals surface area contributed by atoms with Crippen LogP contribution in [0.2, 0.25) is 0 Å². The second kappa shape index (κ2) is 15.2. The zero-order valence-electron chi connectivity index (χ0n) is 19.2. The summed E-state index contributed by atoms with van der Waals surface area (Å²) in [5, 5.41) is 26.5. The Morgan fingerprint density at radius 1 is 0.622 bits per heavy atom. The van der Waals surface area contributed by atoms with Crippen LogP contribution in [0.15, 0.2) is 108 Å². The van der Waals surface area contributed by atoms with E-state index in [2.05, 4.69) is 31.0 Å². The molecule has 0 saturated heterocycles. The molecule has 0 fully saturated rings. The average Bonchev–Trinajstić information content (AvgIpc) is 2.91. The Morgan fingerprint density at radius 2 is 1.00 bits per heavy atom. The van der Waals surface area contributed by atoms with E-state index in [-0.39, 0.29) is 39.4 Å². The SMILES string of the molecule is O=C(N/N=C/c1ccccn1)c1ccccc1O.O=C(N/N=C/c1ccccn1)c1ccccc1O.[Co]. The van der Waals surface area contributed by atoms with Crippen LogP contribution in [0, 0.1) is 0 Å². The van der Waals surface area contributed by atoms with Gasteiger partial charge in [0.05, 0.1) is 34.9 Å². The summed E-state index contributed by atoms with van der Waals surface area (Å²) in [7, 11) is 0. The molecule has 0 bridgehead atoms. The van der Waals surface area contributed by atoms with Gasteiger partial charge >= 0.3 is 0 Å². The van der Waals surface area contributed by atoms with Crippen LogP contribution in [0.4, 0.5) is 0 Å². The molecule has 2 heterocycles. The summed E-state index contributed by atoms with van der Waals surface area (Å²) in [4.78, 5) is 31.3. The van der Waals surface area contributed by atoms with Crippen molar-refractivity contribution in [1.82, 2.24) is 20.8 Å². The van der Waals surface area contributed by atoms with Gasteiger partial charge in [-0.25, -0.2) is 10.9 Å². The molecule has 11 heteroatoms. The van der Waals surface area contributed by atoms with Crippen molar-refractivity contribution in [3.63, 3.8) is 0 Å². The number of aromatic hydroxyl groups is 2. The van der Waals surface area contributed by atoms with E-state index >= 15 is 0 Å². The third-order valence-electron chi connectivity index (χ3n) is 4.40. The van der Waals surface area contributed by atoms with Gasteiger partial charge in [-0.3, -0.25) is 19.6 Å². The molecule has 0 saturated carbocycles. The Hall–Kier alpha value is -4.87. The topological polar surface area (TPSA) is 149 Å². The molecule has 1 radical (unpaired) electrons. The normalized spacial score (nSPS) is 10.2. The fourth-order valence-corrected chi connectivity index (χ4v) is 2.67. The summed E-state index contributed by atoms with van der Waals surface area (Å²) in [6.45, 7) is 0. The van der Waals surface area contributed by atoms with Gasteiger partial charge in [-0.2, -0.15) is 10.2 Å². The molecule has 0 aliphatic heterocycles. The van der Waals surface area contributed by atoms with Crippen LogP contribution in [-0.2, 0) is 16.8 Å². The molecule has 4 rings (SSSR count). The molecule has 4 aromatic rings. The number of carbonyl (C=O) groups excluding carboxylic acids is 2. The number of nitrogens with zero attached hydrogens (tertiary/aromatic N) is 4. The third kappa shape index (κ3) is 9.36. The first-order valence-electron chi connectivity index (χ1n) is 10.6. The van der Waals surface area contributed by atoms with Crippen LogP contribution in [-0.4, -0.2) is 44.4 Å². The number of phenols is 2. The Bertz CT molecular complexity index is 1250. The summed E-state index contributed by atoms with van der Waals surface area (Å²) in [6.07, 6.45) is 6.12. The molecular formula is C26H22CoN6O4. The molecule has 10 nitrogen and oxygen atoms in total. The van der Waals surface area contributed by atoms with Crippen molar-refractivity contribution >= 4 is 24.2 Å². The van der Waals surface area contributed by atoms with E-state index in [1.807, 2.05) is 12.1 Å². The maximum atomic E-state index is 11.7. The second-order valence-corrected chi connectivity index (χ2v) is 6.94. The molecule has 189 valence electrons. The maximum absolute atomic E-state index is 11.7. The summed E-state index contributed by atoms with van der Waals surface area (Å²) in [5.74, 6) is -1.10. The monoisotopic (exact) mass is 541 g/mol. The summed E-state index contributed by atoms with van der Waals surface area (Å²) in [6, 6.07) is 23.3. The van der Waals surface area contributed by atoms with Crippen molar-refractivity contribution in [2.24, 2.45) is 10.2 Å². The van der Waals surface area contributed by atoms with Crippen molar-refractivity contribution in [2.75, 3.05) is 0 Å². The van der Waals surface area contributed by atoms with Crippen molar-refractivity contribution in [2.45, 2.75) is 0 Å². The maximum Gasteiger partial charge on any atom is 0.275 e. The molecule has 0 atom stereocenters. The fraction of sp³-hybridized carbons (Fsp3) is 0. The number of rotatable bonds is 6. The largest absolute Gasteiger partial charge is 0.507 e. The Labute approximate surface area is 223 Å². The second-order valence-electron chi connectivity index (χ2n) is 6.94. The van der Waals surface area contributed by atoms with Crippen LogP contribution in [0.25, 0.3) is 0 Å². The van der Waals surface area contributed by atoms with E-state index in [0.717, 1.165) is 0 Å². The number of benzene rings is 2. The van der Waals surface area contributed by atoms with Crippen LogP contribution < -0.4 is 10.9 Å². The van der Waals surface area contributed by atoms with Crippen molar-refractivity contribution in [1.29, 1.82) is 0 Å². The number of para-hydroxylation sites is 2. The Kier molecular flexibility index (Phi) is 11.6. The summed E-state index contributed by atoms with van der Waals surface area (Å²) < 4.78 is 0. The third-order valence-corrected chi connectivity index (χ3v) is 4.40. The molecule has 0 aliphatic rings. The number of hydrogen-bond donors (Lipinski definition) is 4. The van der Waals surface area contributed by atoms with E-state index in [9.17, 15) is 19.8 Å². The molecule has 0 spiro atoms. The predicted molar refractivity (Wildman–Crippen MR) is 135 cm³/mol. The molecule has 37 heavy (non-hydrogen) atoms. The van der Waals surface area contributed by atoms with Crippen molar-refractivity contribution in [3.05, 3.63) is 120 Å². The first kappa shape index (κ1) is 28.4. The number of carbonyl (C=O) groups is 2. The smallest absolute Gasteiger partial charge is 0.275 e. The van der Waals surface area contributed by atoms with Gasteiger partial charge in [0.15, 0.2) is 0 Å². The standard InChI is InChI=1S/2C13H11N3O2.Co/c2*17-12-7-2-1-6-11(12)13(18)16-15-9-10-5-3-4-8-14-10;/h2*1-9,17H,(H,16,18);/b2*15-9+;. The number of amides is 2. The summed E-state index contributed by atoms with van der Waals surface area (Å²) in [5.41, 5.74) is 6.26. The minimum absolute atomic E-state index is 0. The molecular weight excluding hydrogens is 519 g/mol. The molecule has 2 aromatic heterocycles. The quantitative estimate of drug-likeness (QED) is 0.218. The van der Waals surface area contributed by atoms with Gasteiger partial charge in [0, 0.05) is 29.2 Å². The van der Waals surface area contributed by atoms with Crippen molar-refractivity contribution < 1.29 is 36.6 Å². The van der Waals surface area contributed by atoms with Crippen LogP contribution in [0.1, 0.15) is 32.1 Å². The van der Waals surface area contributed by atoms with Gasteiger partial charge in [0.1, 0.15) is 11.5 Å². The predicted octanol–water partition coefficient (Wildman–Crippen LogP) is 3.10. The molecule has 2 amide bonds. The summed E-state index contributed by atoms with van der Waals surface area (Å²) >= 11 is 0. The van der Waals surface area contributed by atoms with Crippen LogP contribution in [0.5, 0.6) is 11.5 Å². The first-order valence-corrected chi connectivity index (χ1v) is 10.6. The van der Waals surface area contributed by atoms with E-state index in [4.69, 9.17) is 0 Å². The van der Waals surface area contributed by atoms with E-state index in [0.29, 0.717) is 11.4 Å². The van der Waals surface area contributed by atoms with Crippen LogP contribution in [0.3, 0.4) is 0 Å². The van der Waals surface area contributed by atoms with E-state index in [1.54, 1.807) is 60.9 Å². The Morgan fingerprint density at radius 3 is 1.35 bits per heavy atom. The number of phenolic OH excluding ortho intramolecular Hbond substituents is 2. The van der Waals surface area contributed by atoms with Crippen molar-refractivity contribution in [3.8, 4) is 11.5 Å². The molecule has 2 aromatic carbocycles. The van der Waals surface area contributed by atoms with Gasteiger partial charge in [-0.05, 0) is 48.5 Å². The van der Waals surface area contributed by atoms with Gasteiger partial charge in [0.2, 0.25) is 0 Å². The molecule has 0 aliphatic carbocycles. The number of pyridine rings is 2. The minimum atomic E-state index is -0.472. The Balaban J connectivity index is 0.000000253. The number of hydrazone groups is 2. The fourth-order valence-electron chi connectivity index (χ4n) is 2.67.